The van der Waals surface area contributed by atoms with Crippen molar-refractivity contribution in [2.45, 2.75) is 39.3 Å². The van der Waals surface area contributed by atoms with Crippen molar-refractivity contribution in [3.63, 3.8) is 0 Å². The van der Waals surface area contributed by atoms with Gasteiger partial charge in [0.25, 0.3) is 0 Å². The fourth-order valence-corrected chi connectivity index (χ4v) is 5.23. The minimum Gasteiger partial charge on any atom is -0.481 e. The second kappa shape index (κ2) is 8.37. The lowest BCUT2D eigenvalue weighted by atomic mass is 10.0. The highest BCUT2D eigenvalue weighted by Crippen LogP contribution is 2.33. The molecule has 6 nitrogen and oxygen atoms in total. The SMILES string of the molecule is Cc1cc(C)c2c(C(C)n3c(=O)n(C(CC(=O)O)c4ccccc4)c4ccccc43)c[nH]c2c1. The summed E-state index contributed by atoms with van der Waals surface area (Å²) >= 11 is 0. The van der Waals surface area contributed by atoms with Gasteiger partial charge in [-0.3, -0.25) is 13.9 Å². The molecule has 0 spiro atoms. The van der Waals surface area contributed by atoms with Gasteiger partial charge in [-0.25, -0.2) is 4.79 Å². The molecule has 0 amide bonds. The molecule has 2 N–H and O–H groups in total. The Morgan fingerprint density at radius 1 is 0.971 bits per heavy atom. The summed E-state index contributed by atoms with van der Waals surface area (Å²) < 4.78 is 3.43. The number of fused-ring (bicyclic) bond motifs is 2. The van der Waals surface area contributed by atoms with E-state index in [4.69, 9.17) is 0 Å². The van der Waals surface area contributed by atoms with Crippen molar-refractivity contribution in [2.24, 2.45) is 0 Å². The molecule has 0 bridgehead atoms. The van der Waals surface area contributed by atoms with Gasteiger partial charge in [-0.1, -0.05) is 48.5 Å². The Hall–Kier alpha value is -4.06. The maximum Gasteiger partial charge on any atom is 0.330 e. The fourth-order valence-electron chi connectivity index (χ4n) is 5.23. The lowest BCUT2D eigenvalue weighted by Crippen LogP contribution is -2.31. The van der Waals surface area contributed by atoms with Gasteiger partial charge in [-0.2, -0.15) is 0 Å². The summed E-state index contributed by atoms with van der Waals surface area (Å²) in [6, 6.07) is 20.4. The summed E-state index contributed by atoms with van der Waals surface area (Å²) in [5, 5.41) is 10.8. The minimum atomic E-state index is -0.951. The van der Waals surface area contributed by atoms with Gasteiger partial charge in [0.15, 0.2) is 0 Å². The molecule has 0 radical (unpaired) electrons. The summed E-state index contributed by atoms with van der Waals surface area (Å²) in [5.41, 5.74) is 6.49. The Bertz CT molecular complexity index is 1570. The number of carboxylic acid groups (broad SMARTS) is 1. The van der Waals surface area contributed by atoms with Gasteiger partial charge in [0, 0.05) is 22.7 Å². The van der Waals surface area contributed by atoms with E-state index in [2.05, 4.69) is 31.0 Å². The molecule has 3 aromatic carbocycles. The van der Waals surface area contributed by atoms with Gasteiger partial charge < -0.3 is 10.1 Å². The highest BCUT2D eigenvalue weighted by Gasteiger charge is 2.27. The van der Waals surface area contributed by atoms with Gasteiger partial charge in [0.05, 0.1) is 29.5 Å². The van der Waals surface area contributed by atoms with Gasteiger partial charge in [0.2, 0.25) is 0 Å². The number of carbonyl (C=O) groups is 1. The predicted molar refractivity (Wildman–Crippen MR) is 135 cm³/mol. The highest BCUT2D eigenvalue weighted by molar-refractivity contribution is 5.88. The molecule has 6 heteroatoms. The predicted octanol–water partition coefficient (Wildman–Crippen LogP) is 5.57. The molecule has 5 aromatic rings. The van der Waals surface area contributed by atoms with Gasteiger partial charge in [0.1, 0.15) is 0 Å². The number of para-hydroxylation sites is 2. The molecule has 34 heavy (non-hydrogen) atoms. The largest absolute Gasteiger partial charge is 0.481 e. The van der Waals surface area contributed by atoms with E-state index in [0.717, 1.165) is 38.6 Å². The van der Waals surface area contributed by atoms with Crippen LogP contribution >= 0.6 is 0 Å². The molecule has 2 atom stereocenters. The van der Waals surface area contributed by atoms with E-state index < -0.39 is 12.0 Å². The number of hydrogen-bond donors (Lipinski definition) is 2. The monoisotopic (exact) mass is 453 g/mol. The number of imidazole rings is 1. The van der Waals surface area contributed by atoms with Crippen LogP contribution in [0.2, 0.25) is 0 Å². The molecule has 0 saturated carbocycles. The molecule has 5 rings (SSSR count). The lowest BCUT2D eigenvalue weighted by Gasteiger charge is -2.18. The van der Waals surface area contributed by atoms with Crippen LogP contribution in [0.1, 0.15) is 47.7 Å². The third-order valence-electron chi connectivity index (χ3n) is 6.67. The van der Waals surface area contributed by atoms with Crippen LogP contribution in [0, 0.1) is 13.8 Å². The smallest absolute Gasteiger partial charge is 0.330 e. The van der Waals surface area contributed by atoms with E-state index in [1.54, 1.807) is 9.13 Å². The molecule has 2 aromatic heterocycles. The zero-order valence-corrected chi connectivity index (χ0v) is 19.4. The standard InChI is InChI=1S/C28H27N3O3/c1-17-13-18(2)27-21(16-29-22(27)14-17)19(3)30-23-11-7-8-12-24(23)31(28(30)34)25(15-26(32)33)20-9-5-4-6-10-20/h4-14,16,19,25,29H,15H2,1-3H3,(H,32,33). The first-order valence-corrected chi connectivity index (χ1v) is 11.4. The molecule has 0 aliphatic carbocycles. The van der Waals surface area contributed by atoms with Crippen LogP contribution in [0.15, 0.2) is 77.7 Å². The summed E-state index contributed by atoms with van der Waals surface area (Å²) in [6.45, 7) is 6.18. The number of carboxylic acids is 1. The quantitative estimate of drug-likeness (QED) is 0.352. The number of aryl methyl sites for hydroxylation is 2. The second-order valence-corrected chi connectivity index (χ2v) is 8.96. The van der Waals surface area contributed by atoms with Crippen LogP contribution in [-0.4, -0.2) is 25.2 Å². The Balaban J connectivity index is 1.75. The highest BCUT2D eigenvalue weighted by atomic mass is 16.4. The number of H-pyrrole nitrogens is 1. The first-order valence-electron chi connectivity index (χ1n) is 11.4. The van der Waals surface area contributed by atoms with Crippen LogP contribution in [0.4, 0.5) is 0 Å². The number of hydrogen-bond acceptors (Lipinski definition) is 2. The molecule has 0 aliphatic rings. The molecule has 2 unspecified atom stereocenters. The van der Waals surface area contributed by atoms with E-state index >= 15 is 0 Å². The Morgan fingerprint density at radius 3 is 2.29 bits per heavy atom. The topological polar surface area (TPSA) is 80.0 Å². The van der Waals surface area contributed by atoms with Crippen LogP contribution in [-0.2, 0) is 4.79 Å². The van der Waals surface area contributed by atoms with Gasteiger partial charge in [-0.15, -0.1) is 0 Å². The number of aromatic amines is 1. The number of aromatic nitrogens is 3. The van der Waals surface area contributed by atoms with Crippen LogP contribution in [0.5, 0.6) is 0 Å². The number of nitrogens with one attached hydrogen (secondary N) is 1. The van der Waals surface area contributed by atoms with Crippen molar-refractivity contribution >= 4 is 27.9 Å². The summed E-state index contributed by atoms with van der Waals surface area (Å²) in [4.78, 5) is 29.2. The maximum absolute atomic E-state index is 14.0. The summed E-state index contributed by atoms with van der Waals surface area (Å²) in [7, 11) is 0. The minimum absolute atomic E-state index is 0.183. The van der Waals surface area contributed by atoms with Crippen LogP contribution in [0.3, 0.4) is 0 Å². The van der Waals surface area contributed by atoms with E-state index in [1.165, 1.54) is 5.56 Å². The average Bonchev–Trinajstić information content (AvgIpc) is 3.36. The van der Waals surface area contributed by atoms with E-state index in [-0.39, 0.29) is 18.2 Å². The van der Waals surface area contributed by atoms with Crippen LogP contribution < -0.4 is 5.69 Å². The zero-order chi connectivity index (χ0) is 24.0. The summed E-state index contributed by atoms with van der Waals surface area (Å²) in [5.74, 6) is -0.951. The molecule has 0 fully saturated rings. The third-order valence-corrected chi connectivity index (χ3v) is 6.67. The Labute approximate surface area is 197 Å². The fraction of sp³-hybridized carbons (Fsp3) is 0.214. The van der Waals surface area contributed by atoms with Gasteiger partial charge in [-0.05, 0) is 55.7 Å². The van der Waals surface area contributed by atoms with Crippen molar-refractivity contribution in [3.8, 4) is 0 Å². The van der Waals surface area contributed by atoms with E-state index in [1.807, 2.05) is 67.7 Å². The zero-order valence-electron chi connectivity index (χ0n) is 19.4. The normalized spacial score (nSPS) is 13.4. The molecular formula is C28H27N3O3. The maximum atomic E-state index is 14.0. The second-order valence-electron chi connectivity index (χ2n) is 8.96. The third kappa shape index (κ3) is 3.52. The van der Waals surface area contributed by atoms with E-state index in [9.17, 15) is 14.7 Å². The molecule has 0 saturated heterocycles. The summed E-state index contributed by atoms with van der Waals surface area (Å²) in [6.07, 6.45) is 1.80. The van der Waals surface area contributed by atoms with Crippen molar-refractivity contribution in [1.82, 2.24) is 14.1 Å². The first kappa shape index (κ1) is 21.8. The number of rotatable bonds is 6. The number of aliphatic carboxylic acids is 1. The Kier molecular flexibility index (Phi) is 5.36. The van der Waals surface area contributed by atoms with Crippen molar-refractivity contribution in [3.05, 3.63) is 106 Å². The van der Waals surface area contributed by atoms with E-state index in [0.29, 0.717) is 0 Å². The molecular weight excluding hydrogens is 426 g/mol. The Morgan fingerprint density at radius 2 is 1.62 bits per heavy atom. The molecule has 172 valence electrons. The lowest BCUT2D eigenvalue weighted by molar-refractivity contribution is -0.137. The first-order chi connectivity index (χ1) is 16.4. The average molecular weight is 454 g/mol. The molecule has 0 aliphatic heterocycles. The van der Waals surface area contributed by atoms with Crippen molar-refractivity contribution in [2.75, 3.05) is 0 Å². The molecule has 2 heterocycles. The van der Waals surface area contributed by atoms with Crippen molar-refractivity contribution in [1.29, 1.82) is 0 Å². The van der Waals surface area contributed by atoms with Crippen LogP contribution in [0.25, 0.3) is 21.9 Å². The van der Waals surface area contributed by atoms with Crippen molar-refractivity contribution < 1.29 is 9.90 Å². The number of nitrogens with zero attached hydrogens (tertiary/aromatic N) is 2. The number of benzene rings is 3. The van der Waals surface area contributed by atoms with Gasteiger partial charge >= 0.3 is 11.7 Å².